The molecule has 128 valence electrons. The smallest absolute Gasteiger partial charge is 0.317 e. The number of hydrogen-bond acceptors (Lipinski definition) is 3. The van der Waals surface area contributed by atoms with Gasteiger partial charge in [0.25, 0.3) is 0 Å². The first-order valence-corrected chi connectivity index (χ1v) is 9.04. The molecule has 2 aliphatic rings. The summed E-state index contributed by atoms with van der Waals surface area (Å²) in [5, 5.41) is 7.54. The molecule has 1 saturated carbocycles. The van der Waals surface area contributed by atoms with Gasteiger partial charge in [-0.2, -0.15) is 5.10 Å². The molecule has 23 heavy (non-hydrogen) atoms. The maximum atomic E-state index is 12.6. The van der Waals surface area contributed by atoms with E-state index >= 15 is 0 Å². The lowest BCUT2D eigenvalue weighted by molar-refractivity contribution is 0.148. The van der Waals surface area contributed by atoms with E-state index in [1.54, 1.807) is 12.7 Å². The molecule has 6 nitrogen and oxygen atoms in total. The summed E-state index contributed by atoms with van der Waals surface area (Å²) >= 11 is 0. The second-order valence-electron chi connectivity index (χ2n) is 7.34. The van der Waals surface area contributed by atoms with E-state index < -0.39 is 0 Å². The molecule has 0 radical (unpaired) electrons. The second-order valence-corrected chi connectivity index (χ2v) is 7.34. The molecule has 6 heteroatoms. The van der Waals surface area contributed by atoms with Crippen molar-refractivity contribution in [3.8, 4) is 0 Å². The van der Waals surface area contributed by atoms with Gasteiger partial charge in [0, 0.05) is 19.1 Å². The Balaban J connectivity index is 1.51. The van der Waals surface area contributed by atoms with Crippen LogP contribution < -0.4 is 5.32 Å². The lowest BCUT2D eigenvalue weighted by Crippen LogP contribution is -2.51. The van der Waals surface area contributed by atoms with Crippen LogP contribution in [0.15, 0.2) is 12.7 Å². The van der Waals surface area contributed by atoms with Gasteiger partial charge in [-0.3, -0.25) is 0 Å². The van der Waals surface area contributed by atoms with Crippen LogP contribution in [0.5, 0.6) is 0 Å². The van der Waals surface area contributed by atoms with E-state index in [-0.39, 0.29) is 6.03 Å². The zero-order chi connectivity index (χ0) is 16.2. The van der Waals surface area contributed by atoms with Crippen LogP contribution in [0.1, 0.15) is 58.4 Å². The van der Waals surface area contributed by atoms with Gasteiger partial charge in [-0.15, -0.1) is 0 Å². The number of urea groups is 1. The van der Waals surface area contributed by atoms with Gasteiger partial charge in [-0.05, 0) is 37.5 Å². The predicted molar refractivity (Wildman–Crippen MR) is 89.0 cm³/mol. The van der Waals surface area contributed by atoms with E-state index in [1.807, 2.05) is 9.58 Å². The van der Waals surface area contributed by atoms with Crippen molar-refractivity contribution in [1.29, 1.82) is 0 Å². The molecule has 2 fully saturated rings. The third-order valence-corrected chi connectivity index (χ3v) is 5.55. The van der Waals surface area contributed by atoms with Gasteiger partial charge in [-0.25, -0.2) is 14.5 Å². The fourth-order valence-electron chi connectivity index (χ4n) is 4.13. The normalized spacial score (nSPS) is 26.5. The number of rotatable bonds is 3. The standard InChI is InChI=1S/C17H29N5O/c1-13(2)15-5-3-4-6-16(15)20-17(23)21-9-7-14(8-10-21)22-12-18-11-19-22/h11-16H,3-10H2,1-2H3,(H,20,23)/t15-,16-/m1/s1. The van der Waals surface area contributed by atoms with Gasteiger partial charge < -0.3 is 10.2 Å². The number of amides is 2. The van der Waals surface area contributed by atoms with E-state index in [1.165, 1.54) is 19.3 Å². The van der Waals surface area contributed by atoms with Crippen molar-refractivity contribution in [2.24, 2.45) is 11.8 Å². The molecule has 0 unspecified atom stereocenters. The van der Waals surface area contributed by atoms with Gasteiger partial charge in [0.05, 0.1) is 6.04 Å². The Hall–Kier alpha value is -1.59. The van der Waals surface area contributed by atoms with Gasteiger partial charge >= 0.3 is 6.03 Å². The van der Waals surface area contributed by atoms with Crippen LogP contribution in [0.4, 0.5) is 4.79 Å². The summed E-state index contributed by atoms with van der Waals surface area (Å²) in [5.74, 6) is 1.26. The van der Waals surface area contributed by atoms with Crippen LogP contribution in [0.25, 0.3) is 0 Å². The Morgan fingerprint density at radius 1 is 1.17 bits per heavy atom. The SMILES string of the molecule is CC(C)[C@H]1CCCC[C@H]1NC(=O)N1CCC(n2cncn2)CC1. The van der Waals surface area contributed by atoms with Crippen LogP contribution in [0.2, 0.25) is 0 Å². The number of carbonyl (C=O) groups is 1. The van der Waals surface area contributed by atoms with Crippen molar-refractivity contribution in [2.75, 3.05) is 13.1 Å². The van der Waals surface area contributed by atoms with Crippen molar-refractivity contribution in [1.82, 2.24) is 25.0 Å². The van der Waals surface area contributed by atoms with E-state index in [0.29, 0.717) is 23.9 Å². The minimum Gasteiger partial charge on any atom is -0.335 e. The van der Waals surface area contributed by atoms with Crippen LogP contribution in [-0.2, 0) is 0 Å². The summed E-state index contributed by atoms with van der Waals surface area (Å²) in [6, 6.07) is 0.850. The van der Waals surface area contributed by atoms with Crippen LogP contribution in [-0.4, -0.2) is 44.8 Å². The minimum absolute atomic E-state index is 0.125. The molecule has 1 N–H and O–H groups in total. The molecule has 0 aromatic carbocycles. The second kappa shape index (κ2) is 7.32. The van der Waals surface area contributed by atoms with E-state index in [0.717, 1.165) is 32.4 Å². The Morgan fingerprint density at radius 2 is 1.91 bits per heavy atom. The number of carbonyl (C=O) groups excluding carboxylic acids is 1. The molecule has 2 amide bonds. The number of piperidine rings is 1. The molecule has 1 aliphatic heterocycles. The van der Waals surface area contributed by atoms with Crippen LogP contribution in [0, 0.1) is 11.8 Å². The summed E-state index contributed by atoms with van der Waals surface area (Å²) in [6.45, 7) is 6.16. The van der Waals surface area contributed by atoms with Crippen molar-refractivity contribution in [3.63, 3.8) is 0 Å². The number of nitrogens with one attached hydrogen (secondary N) is 1. The van der Waals surface area contributed by atoms with Gasteiger partial charge in [-0.1, -0.05) is 26.7 Å². The molecule has 3 rings (SSSR count). The lowest BCUT2D eigenvalue weighted by Gasteiger charge is -2.38. The first kappa shape index (κ1) is 16.3. The average Bonchev–Trinajstić information content (AvgIpc) is 3.10. The quantitative estimate of drug-likeness (QED) is 0.932. The molecule has 1 saturated heterocycles. The summed E-state index contributed by atoms with van der Waals surface area (Å²) in [5.41, 5.74) is 0. The van der Waals surface area contributed by atoms with Crippen molar-refractivity contribution >= 4 is 6.03 Å². The zero-order valence-electron chi connectivity index (χ0n) is 14.3. The van der Waals surface area contributed by atoms with Crippen molar-refractivity contribution in [3.05, 3.63) is 12.7 Å². The van der Waals surface area contributed by atoms with Gasteiger partial charge in [0.15, 0.2) is 0 Å². The number of nitrogens with zero attached hydrogens (tertiary/aromatic N) is 4. The van der Waals surface area contributed by atoms with Gasteiger partial charge in [0.1, 0.15) is 12.7 Å². The molecule has 0 bridgehead atoms. The minimum atomic E-state index is 0.125. The number of hydrogen-bond donors (Lipinski definition) is 1. The fourth-order valence-corrected chi connectivity index (χ4v) is 4.13. The maximum absolute atomic E-state index is 12.6. The van der Waals surface area contributed by atoms with Crippen LogP contribution in [0.3, 0.4) is 0 Å². The van der Waals surface area contributed by atoms with E-state index in [2.05, 4.69) is 29.2 Å². The third kappa shape index (κ3) is 3.85. The molecule has 1 aromatic rings. The Bertz CT molecular complexity index is 493. The highest BCUT2D eigenvalue weighted by Crippen LogP contribution is 2.30. The first-order chi connectivity index (χ1) is 11.1. The summed E-state index contributed by atoms with van der Waals surface area (Å²) < 4.78 is 1.92. The van der Waals surface area contributed by atoms with Crippen molar-refractivity contribution in [2.45, 2.75) is 64.5 Å². The Labute approximate surface area is 138 Å². The summed E-state index contributed by atoms with van der Waals surface area (Å²) in [7, 11) is 0. The highest BCUT2D eigenvalue weighted by molar-refractivity contribution is 5.74. The third-order valence-electron chi connectivity index (χ3n) is 5.55. The molecule has 2 heterocycles. The molecular weight excluding hydrogens is 290 g/mol. The van der Waals surface area contributed by atoms with Gasteiger partial charge in [0.2, 0.25) is 0 Å². The van der Waals surface area contributed by atoms with Crippen molar-refractivity contribution < 1.29 is 4.79 Å². The topological polar surface area (TPSA) is 63.1 Å². The summed E-state index contributed by atoms with van der Waals surface area (Å²) in [6.07, 6.45) is 10.2. The van der Waals surface area contributed by atoms with Crippen LogP contribution >= 0.6 is 0 Å². The average molecular weight is 319 g/mol. The largest absolute Gasteiger partial charge is 0.335 e. The highest BCUT2D eigenvalue weighted by Gasteiger charge is 2.31. The zero-order valence-corrected chi connectivity index (χ0v) is 14.3. The number of likely N-dealkylation sites (tertiary alicyclic amines) is 1. The molecular formula is C17H29N5O. The van der Waals surface area contributed by atoms with E-state index in [9.17, 15) is 4.79 Å². The Morgan fingerprint density at radius 3 is 2.57 bits per heavy atom. The monoisotopic (exact) mass is 319 g/mol. The first-order valence-electron chi connectivity index (χ1n) is 9.04. The number of aromatic nitrogens is 3. The molecule has 2 atom stereocenters. The fraction of sp³-hybridized carbons (Fsp3) is 0.824. The molecule has 0 spiro atoms. The molecule has 1 aromatic heterocycles. The summed E-state index contributed by atoms with van der Waals surface area (Å²) in [4.78, 5) is 18.6. The maximum Gasteiger partial charge on any atom is 0.317 e. The highest BCUT2D eigenvalue weighted by atomic mass is 16.2. The van der Waals surface area contributed by atoms with E-state index in [4.69, 9.17) is 0 Å². The molecule has 1 aliphatic carbocycles. The lowest BCUT2D eigenvalue weighted by atomic mass is 9.78. The predicted octanol–water partition coefficient (Wildman–Crippen LogP) is 2.84. The Kier molecular flexibility index (Phi) is 5.18.